The highest BCUT2D eigenvalue weighted by molar-refractivity contribution is 5.13. The smallest absolute Gasteiger partial charge is 0.109 e. The lowest BCUT2D eigenvalue weighted by molar-refractivity contribution is -0.0794. The minimum atomic E-state index is -0.384. The lowest BCUT2D eigenvalue weighted by Gasteiger charge is -2.20. The van der Waals surface area contributed by atoms with Crippen LogP contribution >= 0.6 is 0 Å². The molecule has 0 aliphatic heterocycles. The second kappa shape index (κ2) is 5.43. The van der Waals surface area contributed by atoms with Crippen LogP contribution in [0.15, 0.2) is 30.3 Å². The van der Waals surface area contributed by atoms with Crippen LogP contribution in [0.4, 0.5) is 0 Å². The summed E-state index contributed by atoms with van der Waals surface area (Å²) in [4.78, 5) is 0. The van der Waals surface area contributed by atoms with Crippen molar-refractivity contribution in [3.05, 3.63) is 35.9 Å². The summed E-state index contributed by atoms with van der Waals surface area (Å²) in [5.74, 6) is 0. The van der Waals surface area contributed by atoms with Gasteiger partial charge in [-0.3, -0.25) is 0 Å². The molecule has 3 heteroatoms. The molecule has 1 fully saturated rings. The van der Waals surface area contributed by atoms with Gasteiger partial charge in [-0.05, 0) is 18.4 Å². The van der Waals surface area contributed by atoms with E-state index < -0.39 is 0 Å². The number of methoxy groups -OCH3 is 1. The van der Waals surface area contributed by atoms with Crippen molar-refractivity contribution in [2.45, 2.75) is 37.8 Å². The minimum Gasteiger partial charge on any atom is -0.390 e. The van der Waals surface area contributed by atoms with Crippen molar-refractivity contribution in [1.82, 2.24) is 0 Å². The molecular formula is C13H18O3. The summed E-state index contributed by atoms with van der Waals surface area (Å²) in [5.41, 5.74) is 1.15. The van der Waals surface area contributed by atoms with Crippen LogP contribution in [0.25, 0.3) is 0 Å². The van der Waals surface area contributed by atoms with E-state index in [9.17, 15) is 5.11 Å². The molecule has 0 spiro atoms. The first-order valence-corrected chi connectivity index (χ1v) is 5.67. The molecule has 88 valence electrons. The number of hydrogen-bond donors (Lipinski definition) is 1. The summed E-state index contributed by atoms with van der Waals surface area (Å²) >= 11 is 0. The second-order valence-corrected chi connectivity index (χ2v) is 4.18. The van der Waals surface area contributed by atoms with Crippen LogP contribution in [0, 0.1) is 0 Å². The predicted molar refractivity (Wildman–Crippen MR) is 61.1 cm³/mol. The van der Waals surface area contributed by atoms with Gasteiger partial charge in [0.05, 0.1) is 18.8 Å². The number of aliphatic hydroxyl groups excluding tert-OH is 1. The van der Waals surface area contributed by atoms with Gasteiger partial charge in [-0.15, -0.1) is 0 Å². The monoisotopic (exact) mass is 222 g/mol. The quantitative estimate of drug-likeness (QED) is 0.843. The molecule has 0 unspecified atom stereocenters. The standard InChI is InChI=1S/C13H18O3/c1-15-13-11(14)7-8-12(13)16-9-10-5-3-2-4-6-10/h2-6,11-14H,7-9H2,1H3/t11-,12+,13+/m0/s1. The lowest BCUT2D eigenvalue weighted by atomic mass is 10.2. The van der Waals surface area contributed by atoms with E-state index in [1.807, 2.05) is 30.3 Å². The van der Waals surface area contributed by atoms with Crippen molar-refractivity contribution in [3.8, 4) is 0 Å². The maximum Gasteiger partial charge on any atom is 0.109 e. The van der Waals surface area contributed by atoms with Gasteiger partial charge < -0.3 is 14.6 Å². The molecule has 0 radical (unpaired) electrons. The molecule has 1 aliphatic carbocycles. The summed E-state index contributed by atoms with van der Waals surface area (Å²) < 4.78 is 11.0. The van der Waals surface area contributed by atoms with E-state index in [0.29, 0.717) is 6.61 Å². The predicted octanol–water partition coefficient (Wildman–Crippen LogP) is 1.74. The van der Waals surface area contributed by atoms with Crippen LogP contribution in [0.5, 0.6) is 0 Å². The Labute approximate surface area is 96.0 Å². The molecule has 0 saturated heterocycles. The van der Waals surface area contributed by atoms with Crippen molar-refractivity contribution in [2.24, 2.45) is 0 Å². The molecule has 1 aliphatic rings. The van der Waals surface area contributed by atoms with Gasteiger partial charge in [0.15, 0.2) is 0 Å². The Hall–Kier alpha value is -0.900. The Bertz CT molecular complexity index is 312. The first kappa shape index (κ1) is 11.6. The highest BCUT2D eigenvalue weighted by atomic mass is 16.5. The van der Waals surface area contributed by atoms with E-state index in [2.05, 4.69) is 0 Å². The van der Waals surface area contributed by atoms with Gasteiger partial charge in [0.25, 0.3) is 0 Å². The van der Waals surface area contributed by atoms with Gasteiger partial charge in [0, 0.05) is 7.11 Å². The van der Waals surface area contributed by atoms with E-state index in [1.165, 1.54) is 0 Å². The fraction of sp³-hybridized carbons (Fsp3) is 0.538. The largest absolute Gasteiger partial charge is 0.390 e. The topological polar surface area (TPSA) is 38.7 Å². The van der Waals surface area contributed by atoms with E-state index in [-0.39, 0.29) is 18.3 Å². The van der Waals surface area contributed by atoms with Gasteiger partial charge in [-0.25, -0.2) is 0 Å². The molecule has 3 atom stereocenters. The molecule has 3 nitrogen and oxygen atoms in total. The molecular weight excluding hydrogens is 204 g/mol. The molecule has 0 amide bonds. The van der Waals surface area contributed by atoms with E-state index in [0.717, 1.165) is 18.4 Å². The van der Waals surface area contributed by atoms with Crippen LogP contribution in [-0.2, 0) is 16.1 Å². The van der Waals surface area contributed by atoms with Crippen molar-refractivity contribution in [1.29, 1.82) is 0 Å². The van der Waals surface area contributed by atoms with Gasteiger partial charge in [0.1, 0.15) is 6.10 Å². The second-order valence-electron chi connectivity index (χ2n) is 4.18. The highest BCUT2D eigenvalue weighted by Crippen LogP contribution is 2.25. The van der Waals surface area contributed by atoms with E-state index >= 15 is 0 Å². The average molecular weight is 222 g/mol. The Morgan fingerprint density at radius 2 is 2.00 bits per heavy atom. The summed E-state index contributed by atoms with van der Waals surface area (Å²) in [7, 11) is 1.62. The third-order valence-corrected chi connectivity index (χ3v) is 3.07. The number of hydrogen-bond acceptors (Lipinski definition) is 3. The molecule has 0 aromatic heterocycles. The van der Waals surface area contributed by atoms with Crippen molar-refractivity contribution in [3.63, 3.8) is 0 Å². The summed E-state index contributed by atoms with van der Waals surface area (Å²) in [6, 6.07) is 10.0. The van der Waals surface area contributed by atoms with Gasteiger partial charge in [-0.1, -0.05) is 30.3 Å². The van der Waals surface area contributed by atoms with Gasteiger partial charge >= 0.3 is 0 Å². The minimum absolute atomic E-state index is 0.0141. The van der Waals surface area contributed by atoms with E-state index in [4.69, 9.17) is 9.47 Å². The van der Waals surface area contributed by atoms with E-state index in [1.54, 1.807) is 7.11 Å². The fourth-order valence-electron chi connectivity index (χ4n) is 2.18. The zero-order valence-electron chi connectivity index (χ0n) is 9.50. The maximum atomic E-state index is 9.65. The Kier molecular flexibility index (Phi) is 3.93. The lowest BCUT2D eigenvalue weighted by Crippen LogP contribution is -2.32. The Balaban J connectivity index is 1.86. The summed E-state index contributed by atoms with van der Waals surface area (Å²) in [6.45, 7) is 0.581. The number of benzene rings is 1. The molecule has 16 heavy (non-hydrogen) atoms. The summed E-state index contributed by atoms with van der Waals surface area (Å²) in [6.07, 6.45) is 1.08. The number of aliphatic hydroxyl groups is 1. The van der Waals surface area contributed by atoms with Crippen LogP contribution in [0.2, 0.25) is 0 Å². The van der Waals surface area contributed by atoms with Crippen LogP contribution < -0.4 is 0 Å². The number of rotatable bonds is 4. The molecule has 1 saturated carbocycles. The molecule has 1 aromatic rings. The van der Waals surface area contributed by atoms with Gasteiger partial charge in [-0.2, -0.15) is 0 Å². The molecule has 1 aromatic carbocycles. The van der Waals surface area contributed by atoms with Crippen molar-refractivity contribution < 1.29 is 14.6 Å². The van der Waals surface area contributed by atoms with Gasteiger partial charge in [0.2, 0.25) is 0 Å². The maximum absolute atomic E-state index is 9.65. The highest BCUT2D eigenvalue weighted by Gasteiger charge is 2.35. The molecule has 0 bridgehead atoms. The fourth-order valence-corrected chi connectivity index (χ4v) is 2.18. The van der Waals surface area contributed by atoms with Crippen LogP contribution in [0.3, 0.4) is 0 Å². The first-order chi connectivity index (χ1) is 7.81. The molecule has 2 rings (SSSR count). The van der Waals surface area contributed by atoms with Crippen molar-refractivity contribution in [2.75, 3.05) is 7.11 Å². The molecule has 1 N–H and O–H groups in total. The van der Waals surface area contributed by atoms with Crippen molar-refractivity contribution >= 4 is 0 Å². The molecule has 0 heterocycles. The Morgan fingerprint density at radius 3 is 2.69 bits per heavy atom. The third-order valence-electron chi connectivity index (χ3n) is 3.07. The zero-order valence-corrected chi connectivity index (χ0v) is 9.50. The SMILES string of the molecule is CO[C@@H]1[C@@H](O)CC[C@H]1OCc1ccccc1. The third kappa shape index (κ3) is 2.61. The Morgan fingerprint density at radius 1 is 1.25 bits per heavy atom. The average Bonchev–Trinajstić information content (AvgIpc) is 2.68. The van der Waals surface area contributed by atoms with Crippen LogP contribution in [0.1, 0.15) is 18.4 Å². The summed E-state index contributed by atoms with van der Waals surface area (Å²) in [5, 5.41) is 9.65. The van der Waals surface area contributed by atoms with Crippen LogP contribution in [-0.4, -0.2) is 30.5 Å². The normalized spacial score (nSPS) is 29.5. The number of ether oxygens (including phenoxy) is 2. The first-order valence-electron chi connectivity index (χ1n) is 5.67. The zero-order chi connectivity index (χ0) is 11.4.